The van der Waals surface area contributed by atoms with Gasteiger partial charge in [-0.15, -0.1) is 0 Å². The standard InChI is InChI=1S/C50H35NO/c1-4-16-36(17-5-1)38-28-32-41(33-29-38)51(42-34-30-39(31-35-42)37-18-6-2-7-19-37)47-26-14-12-24-45(47)50-49(46-25-13-15-27-48(46)52-50)44-23-11-10-22-43(44)40-20-8-3-9-21-40/h1-35H. The van der Waals surface area contributed by atoms with Crippen LogP contribution in [0.1, 0.15) is 0 Å². The lowest BCUT2D eigenvalue weighted by Gasteiger charge is -2.28. The summed E-state index contributed by atoms with van der Waals surface area (Å²) in [4.78, 5) is 2.35. The van der Waals surface area contributed by atoms with Gasteiger partial charge in [-0.25, -0.2) is 0 Å². The molecule has 1 aromatic heterocycles. The Bertz CT molecular complexity index is 2510. The largest absolute Gasteiger partial charge is 0.455 e. The minimum Gasteiger partial charge on any atom is -0.455 e. The third-order valence-electron chi connectivity index (χ3n) is 9.73. The molecule has 0 aliphatic rings. The number of benzene rings is 8. The van der Waals surface area contributed by atoms with Crippen LogP contribution in [0.5, 0.6) is 0 Å². The minimum absolute atomic E-state index is 0.840. The summed E-state index contributed by atoms with van der Waals surface area (Å²) in [5.41, 5.74) is 14.3. The maximum absolute atomic E-state index is 6.92. The Labute approximate surface area is 304 Å². The molecule has 0 atom stereocenters. The van der Waals surface area contributed by atoms with E-state index in [1.807, 2.05) is 6.07 Å². The number of hydrogen-bond acceptors (Lipinski definition) is 2. The van der Waals surface area contributed by atoms with Gasteiger partial charge in [0.15, 0.2) is 0 Å². The highest BCUT2D eigenvalue weighted by molar-refractivity contribution is 6.07. The SMILES string of the molecule is c1ccc(-c2ccc(N(c3ccc(-c4ccccc4)cc3)c3ccccc3-c3oc4ccccc4c3-c3ccccc3-c3ccccc3)cc2)cc1. The highest BCUT2D eigenvalue weighted by Gasteiger charge is 2.25. The van der Waals surface area contributed by atoms with Crippen molar-refractivity contribution >= 4 is 28.0 Å². The predicted molar refractivity (Wildman–Crippen MR) is 218 cm³/mol. The van der Waals surface area contributed by atoms with Gasteiger partial charge in [-0.2, -0.15) is 0 Å². The van der Waals surface area contributed by atoms with Crippen LogP contribution in [-0.4, -0.2) is 0 Å². The first-order valence-corrected chi connectivity index (χ1v) is 17.7. The number of fused-ring (bicyclic) bond motifs is 1. The number of nitrogens with zero attached hydrogens (tertiary/aromatic N) is 1. The third kappa shape index (κ3) is 5.87. The van der Waals surface area contributed by atoms with E-state index in [9.17, 15) is 0 Å². The van der Waals surface area contributed by atoms with Crippen LogP contribution in [0.4, 0.5) is 17.1 Å². The highest BCUT2D eigenvalue weighted by atomic mass is 16.3. The Kier molecular flexibility index (Phi) is 8.24. The normalized spacial score (nSPS) is 11.1. The minimum atomic E-state index is 0.840. The van der Waals surface area contributed by atoms with Crippen molar-refractivity contribution in [1.29, 1.82) is 0 Å². The zero-order chi connectivity index (χ0) is 34.7. The summed E-state index contributed by atoms with van der Waals surface area (Å²) in [7, 11) is 0. The van der Waals surface area contributed by atoms with E-state index in [0.29, 0.717) is 0 Å². The summed E-state index contributed by atoms with van der Waals surface area (Å²) in [5.74, 6) is 0.840. The van der Waals surface area contributed by atoms with Gasteiger partial charge in [0.25, 0.3) is 0 Å². The van der Waals surface area contributed by atoms with Gasteiger partial charge >= 0.3 is 0 Å². The Morgan fingerprint density at radius 1 is 0.308 bits per heavy atom. The zero-order valence-corrected chi connectivity index (χ0v) is 28.6. The van der Waals surface area contributed by atoms with E-state index in [2.05, 4.69) is 211 Å². The molecule has 0 unspecified atom stereocenters. The lowest BCUT2D eigenvalue weighted by Crippen LogP contribution is -2.11. The first kappa shape index (κ1) is 31.1. The predicted octanol–water partition coefficient (Wildman–Crippen LogP) is 14.2. The van der Waals surface area contributed by atoms with Crippen molar-refractivity contribution in [2.24, 2.45) is 0 Å². The summed E-state index contributed by atoms with van der Waals surface area (Å²) < 4.78 is 6.92. The van der Waals surface area contributed by atoms with E-state index >= 15 is 0 Å². The second kappa shape index (κ2) is 13.8. The second-order valence-electron chi connectivity index (χ2n) is 12.9. The molecular formula is C50H35NO. The lowest BCUT2D eigenvalue weighted by molar-refractivity contribution is 0.632. The number of rotatable bonds is 8. The molecule has 0 amide bonds. The van der Waals surface area contributed by atoms with E-state index in [1.165, 1.54) is 33.4 Å². The van der Waals surface area contributed by atoms with Gasteiger partial charge in [-0.3, -0.25) is 0 Å². The van der Waals surface area contributed by atoms with Gasteiger partial charge in [-0.05, 0) is 81.4 Å². The Balaban J connectivity index is 1.25. The molecule has 0 saturated heterocycles. The van der Waals surface area contributed by atoms with Gasteiger partial charge < -0.3 is 9.32 Å². The monoisotopic (exact) mass is 665 g/mol. The molecule has 8 aromatic carbocycles. The molecule has 0 N–H and O–H groups in total. The Hall–Kier alpha value is -6.90. The molecule has 0 radical (unpaired) electrons. The molecule has 246 valence electrons. The van der Waals surface area contributed by atoms with Crippen molar-refractivity contribution < 1.29 is 4.42 Å². The fraction of sp³-hybridized carbons (Fsp3) is 0. The molecule has 0 aliphatic heterocycles. The molecule has 52 heavy (non-hydrogen) atoms. The van der Waals surface area contributed by atoms with E-state index in [0.717, 1.165) is 50.5 Å². The fourth-order valence-electron chi connectivity index (χ4n) is 7.23. The molecular weight excluding hydrogens is 631 g/mol. The van der Waals surface area contributed by atoms with E-state index in [-0.39, 0.29) is 0 Å². The van der Waals surface area contributed by atoms with Crippen LogP contribution in [0.15, 0.2) is 217 Å². The van der Waals surface area contributed by atoms with Gasteiger partial charge in [0.1, 0.15) is 11.3 Å². The van der Waals surface area contributed by atoms with Crippen LogP contribution in [0, 0.1) is 0 Å². The first-order chi connectivity index (χ1) is 25.8. The van der Waals surface area contributed by atoms with Crippen molar-refractivity contribution in [3.8, 4) is 55.8 Å². The number of anilines is 3. The van der Waals surface area contributed by atoms with Crippen LogP contribution in [0.3, 0.4) is 0 Å². The lowest BCUT2D eigenvalue weighted by atomic mass is 9.91. The molecule has 0 fully saturated rings. The van der Waals surface area contributed by atoms with E-state index in [1.54, 1.807) is 0 Å². The smallest absolute Gasteiger partial charge is 0.145 e. The second-order valence-corrected chi connectivity index (χ2v) is 12.9. The average Bonchev–Trinajstić information content (AvgIpc) is 3.62. The van der Waals surface area contributed by atoms with Crippen molar-refractivity contribution in [3.63, 3.8) is 0 Å². The van der Waals surface area contributed by atoms with Gasteiger partial charge in [0, 0.05) is 27.9 Å². The van der Waals surface area contributed by atoms with Gasteiger partial charge in [0.2, 0.25) is 0 Å². The molecule has 2 heteroatoms. The number of para-hydroxylation sites is 2. The van der Waals surface area contributed by atoms with Crippen LogP contribution < -0.4 is 4.90 Å². The van der Waals surface area contributed by atoms with Crippen LogP contribution in [0.25, 0.3) is 66.8 Å². The summed E-state index contributed by atoms with van der Waals surface area (Å²) in [6.45, 7) is 0. The van der Waals surface area contributed by atoms with E-state index in [4.69, 9.17) is 4.42 Å². The Morgan fingerprint density at radius 2 is 0.731 bits per heavy atom. The van der Waals surface area contributed by atoms with E-state index < -0.39 is 0 Å². The molecule has 0 aliphatic carbocycles. The quantitative estimate of drug-likeness (QED) is 0.161. The van der Waals surface area contributed by atoms with Crippen molar-refractivity contribution in [2.75, 3.05) is 4.90 Å². The average molecular weight is 666 g/mol. The summed E-state index contributed by atoms with van der Waals surface area (Å²) in [6.07, 6.45) is 0. The van der Waals surface area contributed by atoms with Gasteiger partial charge in [0.05, 0.1) is 5.69 Å². The number of furan rings is 1. The molecule has 9 aromatic rings. The maximum atomic E-state index is 6.92. The van der Waals surface area contributed by atoms with Gasteiger partial charge in [-0.1, -0.05) is 170 Å². The third-order valence-corrected chi connectivity index (χ3v) is 9.73. The first-order valence-electron chi connectivity index (χ1n) is 17.7. The number of hydrogen-bond donors (Lipinski definition) is 0. The highest BCUT2D eigenvalue weighted by Crippen LogP contribution is 2.49. The molecule has 0 bridgehead atoms. The maximum Gasteiger partial charge on any atom is 0.145 e. The molecule has 0 saturated carbocycles. The molecule has 0 spiro atoms. The summed E-state index contributed by atoms with van der Waals surface area (Å²) >= 11 is 0. The van der Waals surface area contributed by atoms with Crippen LogP contribution >= 0.6 is 0 Å². The fourth-order valence-corrected chi connectivity index (χ4v) is 7.23. The van der Waals surface area contributed by atoms with Crippen molar-refractivity contribution in [3.05, 3.63) is 212 Å². The summed E-state index contributed by atoms with van der Waals surface area (Å²) in [5, 5.41) is 1.08. The molecule has 2 nitrogen and oxygen atoms in total. The summed E-state index contributed by atoms with van der Waals surface area (Å²) in [6, 6.07) is 75.0. The van der Waals surface area contributed by atoms with Crippen LogP contribution in [-0.2, 0) is 0 Å². The molecule has 1 heterocycles. The molecule has 9 rings (SSSR count). The Morgan fingerprint density at radius 3 is 1.31 bits per heavy atom. The van der Waals surface area contributed by atoms with Crippen molar-refractivity contribution in [2.45, 2.75) is 0 Å². The topological polar surface area (TPSA) is 16.4 Å². The zero-order valence-electron chi connectivity index (χ0n) is 28.6. The van der Waals surface area contributed by atoms with Crippen molar-refractivity contribution in [1.82, 2.24) is 0 Å². The van der Waals surface area contributed by atoms with Crippen LogP contribution in [0.2, 0.25) is 0 Å².